The van der Waals surface area contributed by atoms with Gasteiger partial charge in [-0.3, -0.25) is 14.4 Å². The second-order valence-corrected chi connectivity index (χ2v) is 7.88. The van der Waals surface area contributed by atoms with Crippen LogP contribution in [0.1, 0.15) is 42.4 Å². The molecule has 0 fully saturated rings. The Hall–Kier alpha value is -1.96. The molecule has 0 spiro atoms. The number of amides is 1. The number of hydrogen-bond acceptors (Lipinski definition) is 5. The van der Waals surface area contributed by atoms with E-state index in [9.17, 15) is 4.79 Å². The normalized spacial score (nSPS) is 11.1. The van der Waals surface area contributed by atoms with E-state index in [1.165, 1.54) is 11.1 Å². The molecule has 0 N–H and O–H groups in total. The number of fused-ring (bicyclic) bond motifs is 1. The average Bonchev–Trinajstić information content (AvgIpc) is 3.35. The standard InChI is InChI=1S/C21H29N5OS.ClH/c1-6-24(7-2)13-14-25(20(27)17-11-12-22-26(17)8-3)21-23-19-16(5)15(4)9-10-18(19)28-21;/h9-12H,6-8,13-14H2,1-5H3;1H. The third kappa shape index (κ3) is 4.79. The van der Waals surface area contributed by atoms with E-state index in [-0.39, 0.29) is 18.3 Å². The van der Waals surface area contributed by atoms with Crippen molar-refractivity contribution < 1.29 is 4.79 Å². The van der Waals surface area contributed by atoms with Gasteiger partial charge in [-0.2, -0.15) is 5.10 Å². The molecule has 6 nitrogen and oxygen atoms in total. The van der Waals surface area contributed by atoms with Crippen LogP contribution in [0.5, 0.6) is 0 Å². The van der Waals surface area contributed by atoms with Crippen molar-refractivity contribution in [2.75, 3.05) is 31.1 Å². The number of rotatable bonds is 8. The number of likely N-dealkylation sites (N-methyl/N-ethyl adjacent to an activating group) is 1. The Bertz CT molecular complexity index is 963. The number of nitrogens with zero attached hydrogens (tertiary/aromatic N) is 5. The molecule has 0 bridgehead atoms. The number of aryl methyl sites for hydroxylation is 3. The summed E-state index contributed by atoms with van der Waals surface area (Å²) in [6.07, 6.45) is 1.69. The van der Waals surface area contributed by atoms with Crippen molar-refractivity contribution in [3.8, 4) is 0 Å². The Labute approximate surface area is 182 Å². The minimum absolute atomic E-state index is 0. The summed E-state index contributed by atoms with van der Waals surface area (Å²) in [5.74, 6) is -0.0417. The molecule has 0 unspecified atom stereocenters. The van der Waals surface area contributed by atoms with Gasteiger partial charge in [0.1, 0.15) is 5.69 Å². The van der Waals surface area contributed by atoms with Crippen LogP contribution in [-0.4, -0.2) is 51.8 Å². The summed E-state index contributed by atoms with van der Waals surface area (Å²) in [5.41, 5.74) is 3.99. The van der Waals surface area contributed by atoms with Gasteiger partial charge in [0, 0.05) is 25.8 Å². The second kappa shape index (κ2) is 10.2. The molecule has 0 saturated carbocycles. The van der Waals surface area contributed by atoms with E-state index in [2.05, 4.69) is 49.8 Å². The van der Waals surface area contributed by atoms with Gasteiger partial charge in [-0.25, -0.2) is 4.98 Å². The molecule has 29 heavy (non-hydrogen) atoms. The summed E-state index contributed by atoms with van der Waals surface area (Å²) in [6.45, 7) is 14.5. The van der Waals surface area contributed by atoms with E-state index < -0.39 is 0 Å². The maximum absolute atomic E-state index is 13.4. The van der Waals surface area contributed by atoms with Gasteiger partial charge in [-0.15, -0.1) is 12.4 Å². The molecule has 2 heterocycles. The highest BCUT2D eigenvalue weighted by atomic mass is 35.5. The largest absolute Gasteiger partial charge is 0.302 e. The van der Waals surface area contributed by atoms with Crippen molar-refractivity contribution >= 4 is 45.0 Å². The lowest BCUT2D eigenvalue weighted by Gasteiger charge is -2.24. The Morgan fingerprint density at radius 2 is 1.83 bits per heavy atom. The molecule has 0 atom stereocenters. The first-order chi connectivity index (χ1) is 13.5. The quantitative estimate of drug-likeness (QED) is 0.521. The predicted octanol–water partition coefficient (Wildman–Crippen LogP) is 4.54. The number of carbonyl (C=O) groups is 1. The Morgan fingerprint density at radius 3 is 2.48 bits per heavy atom. The summed E-state index contributed by atoms with van der Waals surface area (Å²) in [7, 11) is 0. The van der Waals surface area contributed by atoms with E-state index in [0.29, 0.717) is 18.8 Å². The van der Waals surface area contributed by atoms with Gasteiger partial charge in [0.05, 0.1) is 10.2 Å². The Kier molecular flexibility index (Phi) is 8.19. The highest BCUT2D eigenvalue weighted by Gasteiger charge is 2.24. The minimum Gasteiger partial charge on any atom is -0.302 e. The first kappa shape index (κ1) is 23.3. The van der Waals surface area contributed by atoms with Crippen LogP contribution in [0.3, 0.4) is 0 Å². The monoisotopic (exact) mass is 435 g/mol. The van der Waals surface area contributed by atoms with Crippen LogP contribution in [0.4, 0.5) is 5.13 Å². The van der Waals surface area contributed by atoms with Gasteiger partial charge in [0.25, 0.3) is 5.91 Å². The van der Waals surface area contributed by atoms with Crippen LogP contribution in [-0.2, 0) is 6.54 Å². The van der Waals surface area contributed by atoms with Crippen molar-refractivity contribution in [2.45, 2.75) is 41.2 Å². The van der Waals surface area contributed by atoms with Gasteiger partial charge in [0.15, 0.2) is 5.13 Å². The number of hydrogen-bond donors (Lipinski definition) is 0. The van der Waals surface area contributed by atoms with E-state index in [4.69, 9.17) is 4.98 Å². The maximum Gasteiger partial charge on any atom is 0.278 e. The number of aromatic nitrogens is 3. The van der Waals surface area contributed by atoms with Gasteiger partial charge in [0.2, 0.25) is 0 Å². The van der Waals surface area contributed by atoms with Crippen molar-refractivity contribution in [1.82, 2.24) is 19.7 Å². The molecular formula is C21H30ClN5OS. The zero-order valence-corrected chi connectivity index (χ0v) is 19.4. The molecule has 158 valence electrons. The molecule has 1 aromatic carbocycles. The van der Waals surface area contributed by atoms with Crippen molar-refractivity contribution in [2.24, 2.45) is 0 Å². The van der Waals surface area contributed by atoms with Crippen LogP contribution < -0.4 is 4.90 Å². The van der Waals surface area contributed by atoms with Crippen LogP contribution in [0.25, 0.3) is 10.2 Å². The molecule has 0 aliphatic heterocycles. The summed E-state index contributed by atoms with van der Waals surface area (Å²) < 4.78 is 2.86. The molecule has 1 amide bonds. The molecule has 3 aromatic rings. The lowest BCUT2D eigenvalue weighted by Crippen LogP contribution is -2.39. The van der Waals surface area contributed by atoms with E-state index in [0.717, 1.165) is 35.0 Å². The summed E-state index contributed by atoms with van der Waals surface area (Å²) >= 11 is 1.58. The summed E-state index contributed by atoms with van der Waals surface area (Å²) in [4.78, 5) is 22.4. The third-order valence-corrected chi connectivity index (χ3v) is 6.36. The number of halogens is 1. The SMILES string of the molecule is CCN(CC)CCN(C(=O)c1ccnn1CC)c1nc2c(C)c(C)ccc2s1.Cl. The number of thiazole rings is 1. The highest BCUT2D eigenvalue weighted by molar-refractivity contribution is 7.22. The maximum atomic E-state index is 13.4. The fourth-order valence-corrected chi connectivity index (χ4v) is 4.35. The predicted molar refractivity (Wildman–Crippen MR) is 124 cm³/mol. The molecule has 0 aliphatic rings. The fourth-order valence-electron chi connectivity index (χ4n) is 3.30. The Morgan fingerprint density at radius 1 is 1.10 bits per heavy atom. The summed E-state index contributed by atoms with van der Waals surface area (Å²) in [5, 5.41) is 5.02. The highest BCUT2D eigenvalue weighted by Crippen LogP contribution is 2.32. The van der Waals surface area contributed by atoms with Crippen LogP contribution in [0.15, 0.2) is 24.4 Å². The number of anilines is 1. The third-order valence-electron chi connectivity index (χ3n) is 5.32. The lowest BCUT2D eigenvalue weighted by atomic mass is 10.1. The zero-order chi connectivity index (χ0) is 20.3. The second-order valence-electron chi connectivity index (χ2n) is 6.87. The Balaban J connectivity index is 0.00000300. The van der Waals surface area contributed by atoms with Crippen LogP contribution in [0, 0.1) is 13.8 Å². The van der Waals surface area contributed by atoms with Crippen LogP contribution in [0.2, 0.25) is 0 Å². The topological polar surface area (TPSA) is 54.3 Å². The molecule has 0 saturated heterocycles. The van der Waals surface area contributed by atoms with E-state index in [1.54, 1.807) is 28.3 Å². The van der Waals surface area contributed by atoms with Gasteiger partial charge in [-0.05, 0) is 57.1 Å². The van der Waals surface area contributed by atoms with Gasteiger partial charge >= 0.3 is 0 Å². The van der Waals surface area contributed by atoms with E-state index >= 15 is 0 Å². The van der Waals surface area contributed by atoms with Gasteiger partial charge < -0.3 is 4.90 Å². The molecule has 2 aromatic heterocycles. The molecule has 0 aliphatic carbocycles. The van der Waals surface area contributed by atoms with Crippen LogP contribution >= 0.6 is 23.7 Å². The van der Waals surface area contributed by atoms with E-state index in [1.807, 2.05) is 11.8 Å². The van der Waals surface area contributed by atoms with Gasteiger partial charge in [-0.1, -0.05) is 31.3 Å². The number of carbonyl (C=O) groups excluding carboxylic acids is 1. The molecular weight excluding hydrogens is 406 g/mol. The molecule has 8 heteroatoms. The summed E-state index contributed by atoms with van der Waals surface area (Å²) in [6, 6.07) is 6.01. The van der Waals surface area contributed by atoms with Crippen molar-refractivity contribution in [1.29, 1.82) is 0 Å². The first-order valence-corrected chi connectivity index (χ1v) is 10.7. The zero-order valence-electron chi connectivity index (χ0n) is 17.8. The smallest absolute Gasteiger partial charge is 0.278 e. The minimum atomic E-state index is -0.0417. The molecule has 3 rings (SSSR count). The van der Waals surface area contributed by atoms with Crippen molar-refractivity contribution in [3.63, 3.8) is 0 Å². The number of benzene rings is 1. The fraction of sp³-hybridized carbons (Fsp3) is 0.476. The average molecular weight is 436 g/mol. The molecule has 0 radical (unpaired) electrons. The first-order valence-electron chi connectivity index (χ1n) is 9.92. The lowest BCUT2D eigenvalue weighted by molar-refractivity contribution is 0.0973. The van der Waals surface area contributed by atoms with Crippen molar-refractivity contribution in [3.05, 3.63) is 41.2 Å².